The lowest BCUT2D eigenvalue weighted by molar-refractivity contribution is -0.301. The van der Waals surface area contributed by atoms with Gasteiger partial charge < -0.3 is 39.0 Å². The summed E-state index contributed by atoms with van der Waals surface area (Å²) in [4.78, 5) is 51.3. The molecule has 12 heteroatoms. The number of hydrogen-bond acceptors (Lipinski definition) is 11. The summed E-state index contributed by atoms with van der Waals surface area (Å²) in [5.41, 5.74) is 0. The van der Waals surface area contributed by atoms with Crippen molar-refractivity contribution in [2.75, 3.05) is 13.2 Å². The number of aliphatic carboxylic acids is 1. The van der Waals surface area contributed by atoms with Crippen molar-refractivity contribution in [2.24, 2.45) is 0 Å². The van der Waals surface area contributed by atoms with Crippen molar-refractivity contribution in [1.82, 2.24) is 0 Å². The van der Waals surface area contributed by atoms with E-state index in [-0.39, 0.29) is 25.9 Å². The summed E-state index contributed by atoms with van der Waals surface area (Å²) >= 11 is 0. The number of carbonyl (C=O) groups is 4. The molecule has 0 aromatic rings. The highest BCUT2D eigenvalue weighted by Gasteiger charge is 2.50. The van der Waals surface area contributed by atoms with Crippen LogP contribution in [0.15, 0.2) is 109 Å². The van der Waals surface area contributed by atoms with Crippen LogP contribution >= 0.6 is 0 Å². The van der Waals surface area contributed by atoms with Crippen LogP contribution in [0, 0.1) is 0 Å². The molecule has 0 saturated carbocycles. The molecule has 1 aliphatic heterocycles. The zero-order chi connectivity index (χ0) is 58.9. The van der Waals surface area contributed by atoms with Gasteiger partial charge in [0.15, 0.2) is 24.6 Å². The average molecular weight is 1130 g/mol. The predicted octanol–water partition coefficient (Wildman–Crippen LogP) is 17.0. The number of ether oxygens (including phenoxy) is 5. The van der Waals surface area contributed by atoms with E-state index in [2.05, 4.69) is 118 Å². The Labute approximate surface area is 491 Å². The van der Waals surface area contributed by atoms with E-state index in [1.165, 1.54) is 77.0 Å². The molecular formula is C69H112O12. The molecule has 3 N–H and O–H groups in total. The van der Waals surface area contributed by atoms with Gasteiger partial charge in [-0.05, 0) is 122 Å². The molecule has 1 fully saturated rings. The molecular weight excluding hydrogens is 1020 g/mol. The van der Waals surface area contributed by atoms with Crippen LogP contribution in [0.2, 0.25) is 0 Å². The van der Waals surface area contributed by atoms with Crippen LogP contribution in [0.25, 0.3) is 0 Å². The van der Waals surface area contributed by atoms with E-state index >= 15 is 0 Å². The molecule has 1 aliphatic rings. The third-order valence-corrected chi connectivity index (χ3v) is 13.8. The standard InChI is InChI=1S/C69H112O12/c1-4-7-10-13-16-19-22-25-28-30-31-33-35-37-40-43-46-49-52-55-61(70)77-58-60(79-62(71)56-53-50-47-44-41-38-34-27-24-21-18-15-12-9-6-3)59-78-69-67(65(74)64(73)66(81-69)68(75)76)80-63(72)57-54-51-48-45-42-39-36-32-29-26-23-20-17-14-11-8-5-2/h8,11,16-21,25-29,34,36,39,45,48,60,64-67,69,73-74H,4-7,9-10,12-15,22-24,30-33,35,37-38,40-44,46-47,49-59H2,1-3H3,(H,75,76)/b11-8-,19-16-,20-17-,21-18-,28-25-,29-26-,34-27-,39-36-,48-45-. The van der Waals surface area contributed by atoms with Crippen molar-refractivity contribution in [1.29, 1.82) is 0 Å². The second-order valence-electron chi connectivity index (χ2n) is 21.3. The summed E-state index contributed by atoms with van der Waals surface area (Å²) in [5, 5.41) is 31.5. The van der Waals surface area contributed by atoms with Gasteiger partial charge in [0, 0.05) is 19.3 Å². The zero-order valence-corrected chi connectivity index (χ0v) is 50.7. The third-order valence-electron chi connectivity index (χ3n) is 13.8. The minimum absolute atomic E-state index is 0.0245. The van der Waals surface area contributed by atoms with Crippen LogP contribution in [0.3, 0.4) is 0 Å². The van der Waals surface area contributed by atoms with Crippen LogP contribution in [0.1, 0.15) is 252 Å². The summed E-state index contributed by atoms with van der Waals surface area (Å²) in [6.07, 6.45) is 63.3. The number of rotatable bonds is 53. The fourth-order valence-corrected chi connectivity index (χ4v) is 8.93. The van der Waals surface area contributed by atoms with Gasteiger partial charge in [-0.3, -0.25) is 14.4 Å². The minimum Gasteiger partial charge on any atom is -0.479 e. The van der Waals surface area contributed by atoms with E-state index in [1.807, 2.05) is 12.2 Å². The Hall–Kier alpha value is -4.62. The molecule has 1 heterocycles. The fourth-order valence-electron chi connectivity index (χ4n) is 8.93. The van der Waals surface area contributed by atoms with Gasteiger partial charge in [0.25, 0.3) is 0 Å². The molecule has 6 atom stereocenters. The topological polar surface area (TPSA) is 175 Å². The number of aliphatic hydroxyl groups is 2. The van der Waals surface area contributed by atoms with Gasteiger partial charge in [0.1, 0.15) is 18.8 Å². The number of esters is 3. The zero-order valence-electron chi connectivity index (χ0n) is 50.7. The van der Waals surface area contributed by atoms with E-state index in [4.69, 9.17) is 23.7 Å². The first-order valence-electron chi connectivity index (χ1n) is 31.9. The van der Waals surface area contributed by atoms with Crippen molar-refractivity contribution < 1.29 is 58.2 Å². The summed E-state index contributed by atoms with van der Waals surface area (Å²) < 4.78 is 28.4. The number of carboxylic acid groups (broad SMARTS) is 1. The number of carboxylic acids is 1. The highest BCUT2D eigenvalue weighted by molar-refractivity contribution is 5.74. The van der Waals surface area contributed by atoms with Crippen LogP contribution in [-0.4, -0.2) is 89.2 Å². The number of allylic oxidation sites excluding steroid dienone is 18. The Balaban J connectivity index is 2.71. The molecule has 460 valence electrons. The molecule has 81 heavy (non-hydrogen) atoms. The van der Waals surface area contributed by atoms with Crippen molar-refractivity contribution in [3.8, 4) is 0 Å². The molecule has 1 rings (SSSR count). The van der Waals surface area contributed by atoms with Crippen molar-refractivity contribution in [3.05, 3.63) is 109 Å². The first kappa shape index (κ1) is 74.4. The van der Waals surface area contributed by atoms with E-state index < -0.39 is 67.3 Å². The normalized spacial score (nSPS) is 18.5. The summed E-state index contributed by atoms with van der Waals surface area (Å²) in [5.74, 6) is -3.23. The van der Waals surface area contributed by atoms with Crippen LogP contribution < -0.4 is 0 Å². The van der Waals surface area contributed by atoms with E-state index in [1.54, 1.807) is 0 Å². The second-order valence-corrected chi connectivity index (χ2v) is 21.3. The molecule has 1 saturated heterocycles. The molecule has 0 aromatic heterocycles. The van der Waals surface area contributed by atoms with E-state index in [0.29, 0.717) is 25.7 Å². The molecule has 12 nitrogen and oxygen atoms in total. The quantitative estimate of drug-likeness (QED) is 0.0228. The van der Waals surface area contributed by atoms with Gasteiger partial charge in [0.05, 0.1) is 6.61 Å². The first-order chi connectivity index (χ1) is 39.6. The molecule has 0 radical (unpaired) electrons. The van der Waals surface area contributed by atoms with Crippen molar-refractivity contribution in [2.45, 2.75) is 289 Å². The Morgan fingerprint density at radius 2 is 0.790 bits per heavy atom. The Bertz CT molecular complexity index is 1820. The molecule has 6 unspecified atom stereocenters. The van der Waals surface area contributed by atoms with Crippen molar-refractivity contribution >= 4 is 23.9 Å². The number of unbranched alkanes of at least 4 members (excludes halogenated alkanes) is 21. The maximum Gasteiger partial charge on any atom is 0.335 e. The summed E-state index contributed by atoms with van der Waals surface area (Å²) in [6, 6.07) is 0. The lowest BCUT2D eigenvalue weighted by Gasteiger charge is -2.40. The van der Waals surface area contributed by atoms with E-state index in [0.717, 1.165) is 109 Å². The molecule has 0 aliphatic carbocycles. The number of carbonyl (C=O) groups excluding carboxylic acids is 3. The van der Waals surface area contributed by atoms with Gasteiger partial charge in [-0.15, -0.1) is 0 Å². The third kappa shape index (κ3) is 45.6. The van der Waals surface area contributed by atoms with Crippen molar-refractivity contribution in [3.63, 3.8) is 0 Å². The fraction of sp³-hybridized carbons (Fsp3) is 0.681. The SMILES string of the molecule is CC/C=C\C/C=C\C/C=C\C/C=C\C/C=C\CCCC(=O)OC1C(OCC(COC(=O)CCCCCCCCCCC/C=C\C/C=C\CCCCC)OC(=O)CCCCCCC/C=C\C/C=C\CCCCC)OC(C(=O)O)C(O)C1O. The maximum atomic E-state index is 13.2. The molecule has 0 spiro atoms. The smallest absolute Gasteiger partial charge is 0.335 e. The highest BCUT2D eigenvalue weighted by Crippen LogP contribution is 2.26. The predicted molar refractivity (Wildman–Crippen MR) is 330 cm³/mol. The van der Waals surface area contributed by atoms with Crippen LogP contribution in [0.4, 0.5) is 0 Å². The van der Waals surface area contributed by atoms with Gasteiger partial charge in [-0.2, -0.15) is 0 Å². The minimum atomic E-state index is -1.93. The largest absolute Gasteiger partial charge is 0.479 e. The molecule has 0 aromatic carbocycles. The number of aliphatic hydroxyl groups excluding tert-OH is 2. The van der Waals surface area contributed by atoms with Crippen LogP contribution in [0.5, 0.6) is 0 Å². The van der Waals surface area contributed by atoms with E-state index in [9.17, 15) is 34.5 Å². The Kier molecular flexibility index (Phi) is 51.3. The monoisotopic (exact) mass is 1130 g/mol. The highest BCUT2D eigenvalue weighted by atomic mass is 16.7. The lowest BCUT2D eigenvalue weighted by Crippen LogP contribution is -2.61. The van der Waals surface area contributed by atoms with Gasteiger partial charge in [-0.1, -0.05) is 220 Å². The number of hydrogen-bond donors (Lipinski definition) is 3. The summed E-state index contributed by atoms with van der Waals surface area (Å²) in [7, 11) is 0. The second kappa shape index (κ2) is 55.9. The van der Waals surface area contributed by atoms with Gasteiger partial charge >= 0.3 is 23.9 Å². The van der Waals surface area contributed by atoms with Crippen LogP contribution in [-0.2, 0) is 42.9 Å². The van der Waals surface area contributed by atoms with Gasteiger partial charge in [0.2, 0.25) is 0 Å². The molecule has 0 amide bonds. The lowest BCUT2D eigenvalue weighted by atomic mass is 9.98. The Morgan fingerprint density at radius 1 is 0.420 bits per heavy atom. The summed E-state index contributed by atoms with van der Waals surface area (Å²) in [6.45, 7) is 5.80. The van der Waals surface area contributed by atoms with Gasteiger partial charge in [-0.25, -0.2) is 4.79 Å². The maximum absolute atomic E-state index is 13.2. The Morgan fingerprint density at radius 3 is 1.22 bits per heavy atom. The average Bonchev–Trinajstić information content (AvgIpc) is 3.53. The first-order valence-corrected chi connectivity index (χ1v) is 31.9. The molecule has 0 bridgehead atoms.